The molecule has 2 aliphatic heterocycles. The molecule has 34 heavy (non-hydrogen) atoms. The van der Waals surface area contributed by atoms with Crippen LogP contribution in [0.15, 0.2) is 36.1 Å². The van der Waals surface area contributed by atoms with E-state index < -0.39 is 20.3 Å². The van der Waals surface area contributed by atoms with Gasteiger partial charge in [-0.2, -0.15) is 0 Å². The maximum Gasteiger partial charge on any atom is 0.290 e. The molecule has 0 fully saturated rings. The van der Waals surface area contributed by atoms with Crippen molar-refractivity contribution in [2.24, 2.45) is 0 Å². The molecule has 1 atom stereocenters. The lowest BCUT2D eigenvalue weighted by Gasteiger charge is -2.21. The third kappa shape index (κ3) is 4.52. The van der Waals surface area contributed by atoms with Crippen LogP contribution in [0.1, 0.15) is 12.0 Å². The number of fused-ring (bicyclic) bond motifs is 1. The molecule has 2 aromatic rings. The standard InChI is InChI=1S/C25H31NO7Si/c1-28-16-12-20(30-3)24(21(13-16)31-4)26-25(27)17-7-8-23(32-17)33-19-14-22-15(11-18(19)29-2)9-10-34(22,5)6/h7,11-14,23H,8-10H2,1-6H3,(H,26,27). The van der Waals surface area contributed by atoms with Crippen LogP contribution in [-0.4, -0.2) is 48.7 Å². The van der Waals surface area contributed by atoms with Gasteiger partial charge in [0.2, 0.25) is 6.29 Å². The van der Waals surface area contributed by atoms with E-state index in [1.54, 1.807) is 32.4 Å². The van der Waals surface area contributed by atoms with Crippen molar-refractivity contribution < 1.29 is 33.2 Å². The van der Waals surface area contributed by atoms with Gasteiger partial charge >= 0.3 is 0 Å². The predicted octanol–water partition coefficient (Wildman–Crippen LogP) is 3.84. The number of carbonyl (C=O) groups excluding carboxylic acids is 1. The summed E-state index contributed by atoms with van der Waals surface area (Å²) in [6.07, 6.45) is 2.59. The van der Waals surface area contributed by atoms with Crippen LogP contribution in [0.25, 0.3) is 0 Å². The van der Waals surface area contributed by atoms with Crippen molar-refractivity contribution >= 4 is 24.9 Å². The number of ether oxygens (including phenoxy) is 6. The van der Waals surface area contributed by atoms with E-state index in [-0.39, 0.29) is 5.76 Å². The number of amides is 1. The second kappa shape index (κ2) is 9.50. The SMILES string of the molecule is COc1cc(OC)c(NC(=O)C2=CCC(Oc3cc4c(cc3OC)CC[Si]4(C)C)O2)c(OC)c1. The fraction of sp³-hybridized carbons (Fsp3) is 0.400. The molecule has 1 N–H and O–H groups in total. The van der Waals surface area contributed by atoms with Crippen molar-refractivity contribution in [3.8, 4) is 28.7 Å². The Balaban J connectivity index is 1.47. The summed E-state index contributed by atoms with van der Waals surface area (Å²) < 4.78 is 33.6. The largest absolute Gasteiger partial charge is 0.496 e. The molecular formula is C25H31NO7Si. The zero-order chi connectivity index (χ0) is 24.5. The summed E-state index contributed by atoms with van der Waals surface area (Å²) in [5.41, 5.74) is 1.73. The molecule has 0 spiro atoms. The summed E-state index contributed by atoms with van der Waals surface area (Å²) in [6.45, 7) is 4.74. The Kier molecular flexibility index (Phi) is 6.65. The smallest absolute Gasteiger partial charge is 0.290 e. The van der Waals surface area contributed by atoms with Gasteiger partial charge in [-0.15, -0.1) is 0 Å². The van der Waals surface area contributed by atoms with Crippen LogP contribution < -0.4 is 34.2 Å². The topological polar surface area (TPSA) is 84.5 Å². The molecule has 2 heterocycles. The molecule has 0 aliphatic carbocycles. The Morgan fingerprint density at radius 3 is 2.24 bits per heavy atom. The van der Waals surface area contributed by atoms with Gasteiger partial charge in [-0.05, 0) is 36.2 Å². The molecule has 2 aromatic carbocycles. The van der Waals surface area contributed by atoms with Gasteiger partial charge < -0.3 is 33.7 Å². The molecule has 9 heteroatoms. The van der Waals surface area contributed by atoms with Gasteiger partial charge in [-0.1, -0.05) is 18.3 Å². The second-order valence-electron chi connectivity index (χ2n) is 8.87. The van der Waals surface area contributed by atoms with Gasteiger partial charge in [0.05, 0.1) is 36.5 Å². The number of benzene rings is 2. The molecule has 2 aliphatic rings. The number of methoxy groups -OCH3 is 4. The number of aryl methyl sites for hydroxylation is 1. The van der Waals surface area contributed by atoms with Crippen LogP contribution in [-0.2, 0) is 16.0 Å². The van der Waals surface area contributed by atoms with Gasteiger partial charge in [0.1, 0.15) is 22.9 Å². The highest BCUT2D eigenvalue weighted by Crippen LogP contribution is 2.40. The maximum atomic E-state index is 12.9. The minimum atomic E-state index is -1.47. The van der Waals surface area contributed by atoms with E-state index in [4.69, 9.17) is 28.4 Å². The van der Waals surface area contributed by atoms with Crippen molar-refractivity contribution in [2.75, 3.05) is 33.8 Å². The highest BCUT2D eigenvalue weighted by molar-refractivity contribution is 6.91. The zero-order valence-electron chi connectivity index (χ0n) is 20.4. The molecule has 0 radical (unpaired) electrons. The lowest BCUT2D eigenvalue weighted by atomic mass is 10.1. The van der Waals surface area contributed by atoms with Crippen LogP contribution in [0.5, 0.6) is 28.7 Å². The van der Waals surface area contributed by atoms with Crippen molar-refractivity contribution in [1.82, 2.24) is 0 Å². The van der Waals surface area contributed by atoms with E-state index >= 15 is 0 Å². The molecule has 8 nitrogen and oxygen atoms in total. The number of nitrogens with one attached hydrogen (secondary N) is 1. The summed E-state index contributed by atoms with van der Waals surface area (Å²) in [7, 11) is 4.72. The molecule has 0 saturated heterocycles. The summed E-state index contributed by atoms with van der Waals surface area (Å²) in [5.74, 6) is 2.42. The lowest BCUT2D eigenvalue weighted by Crippen LogP contribution is -2.37. The minimum absolute atomic E-state index is 0.166. The Labute approximate surface area is 200 Å². The number of hydrogen-bond acceptors (Lipinski definition) is 7. The first-order valence-corrected chi connectivity index (χ1v) is 14.4. The summed E-state index contributed by atoms with van der Waals surface area (Å²) in [6, 6.07) is 8.73. The van der Waals surface area contributed by atoms with E-state index in [0.29, 0.717) is 40.9 Å². The molecule has 4 rings (SSSR count). The minimum Gasteiger partial charge on any atom is -0.496 e. The molecule has 182 valence electrons. The zero-order valence-corrected chi connectivity index (χ0v) is 21.4. The van der Waals surface area contributed by atoms with Gasteiger partial charge in [-0.3, -0.25) is 4.79 Å². The van der Waals surface area contributed by atoms with Gasteiger partial charge in [-0.25, -0.2) is 0 Å². The Morgan fingerprint density at radius 1 is 0.941 bits per heavy atom. The molecule has 0 bridgehead atoms. The molecule has 0 aromatic heterocycles. The Bertz CT molecular complexity index is 1100. The first-order valence-electron chi connectivity index (χ1n) is 11.2. The van der Waals surface area contributed by atoms with E-state index in [0.717, 1.165) is 6.42 Å². The predicted molar refractivity (Wildman–Crippen MR) is 132 cm³/mol. The monoisotopic (exact) mass is 485 g/mol. The maximum absolute atomic E-state index is 12.9. The number of anilines is 1. The van der Waals surface area contributed by atoms with Crippen LogP contribution in [0, 0.1) is 0 Å². The second-order valence-corrected chi connectivity index (χ2v) is 13.7. The van der Waals surface area contributed by atoms with Crippen molar-refractivity contribution in [3.05, 3.63) is 41.7 Å². The van der Waals surface area contributed by atoms with Crippen molar-refractivity contribution in [3.63, 3.8) is 0 Å². The third-order valence-electron chi connectivity index (χ3n) is 6.33. The highest BCUT2D eigenvalue weighted by atomic mass is 28.3. The first kappa shape index (κ1) is 23.8. The molecule has 1 unspecified atom stereocenters. The van der Waals surface area contributed by atoms with E-state index in [2.05, 4.69) is 30.5 Å². The van der Waals surface area contributed by atoms with Gasteiger partial charge in [0.25, 0.3) is 5.91 Å². The average Bonchev–Trinajstić information content (AvgIpc) is 3.42. The third-order valence-corrected chi connectivity index (χ3v) is 9.75. The van der Waals surface area contributed by atoms with Gasteiger partial charge in [0, 0.05) is 18.6 Å². The van der Waals surface area contributed by atoms with Crippen molar-refractivity contribution in [1.29, 1.82) is 0 Å². The molecular weight excluding hydrogens is 454 g/mol. The summed E-state index contributed by atoms with van der Waals surface area (Å²) >= 11 is 0. The number of rotatable bonds is 8. The average molecular weight is 486 g/mol. The normalized spacial score (nSPS) is 17.8. The Hall–Kier alpha value is -3.33. The van der Waals surface area contributed by atoms with Crippen LogP contribution >= 0.6 is 0 Å². The lowest BCUT2D eigenvalue weighted by molar-refractivity contribution is -0.119. The number of carbonyl (C=O) groups is 1. The first-order chi connectivity index (χ1) is 16.3. The fourth-order valence-corrected chi connectivity index (χ4v) is 7.13. The number of hydrogen-bond donors (Lipinski definition) is 1. The summed E-state index contributed by atoms with van der Waals surface area (Å²) in [4.78, 5) is 12.9. The quantitative estimate of drug-likeness (QED) is 0.569. The van der Waals surface area contributed by atoms with Crippen molar-refractivity contribution in [2.45, 2.75) is 38.3 Å². The Morgan fingerprint density at radius 2 is 1.62 bits per heavy atom. The van der Waals surface area contributed by atoms with Crippen LogP contribution in [0.2, 0.25) is 19.1 Å². The van der Waals surface area contributed by atoms with Crippen LogP contribution in [0.3, 0.4) is 0 Å². The van der Waals surface area contributed by atoms with E-state index in [1.807, 2.05) is 0 Å². The van der Waals surface area contributed by atoms with E-state index in [9.17, 15) is 4.79 Å². The molecule has 0 saturated carbocycles. The van der Waals surface area contributed by atoms with Crippen LogP contribution in [0.4, 0.5) is 5.69 Å². The summed E-state index contributed by atoms with van der Waals surface area (Å²) in [5, 5.41) is 4.21. The van der Waals surface area contributed by atoms with E-state index in [1.165, 1.54) is 31.0 Å². The molecule has 1 amide bonds. The van der Waals surface area contributed by atoms with Gasteiger partial charge in [0.15, 0.2) is 17.3 Å². The highest BCUT2D eigenvalue weighted by Gasteiger charge is 2.34. The fourth-order valence-electron chi connectivity index (χ4n) is 4.38.